The third-order valence-electron chi connectivity index (χ3n) is 4.35. The van der Waals surface area contributed by atoms with Gasteiger partial charge < -0.3 is 0 Å². The molecule has 144 valence electrons. The van der Waals surface area contributed by atoms with Crippen molar-refractivity contribution in [3.8, 4) is 17.1 Å². The van der Waals surface area contributed by atoms with Crippen LogP contribution in [0.2, 0.25) is 5.02 Å². The largest absolute Gasteiger partial charge is 0.293 e. The van der Waals surface area contributed by atoms with Gasteiger partial charge in [0.05, 0.1) is 10.8 Å². The highest BCUT2D eigenvalue weighted by Gasteiger charge is 2.18. The van der Waals surface area contributed by atoms with E-state index in [1.165, 1.54) is 11.8 Å². The maximum atomic E-state index is 12.6. The second-order valence-electron chi connectivity index (χ2n) is 6.41. The molecule has 4 aromatic rings. The number of Topliss-reactive ketones (excluding diaryl/α,β-unsaturated/α-hetero) is 1. The lowest BCUT2D eigenvalue weighted by Gasteiger charge is -2.10. The number of carbonyl (C=O) groups excluding carboxylic acids is 1. The van der Waals surface area contributed by atoms with Crippen LogP contribution in [0.1, 0.15) is 15.9 Å². The van der Waals surface area contributed by atoms with Crippen molar-refractivity contribution in [1.29, 1.82) is 0 Å². The van der Waals surface area contributed by atoms with Crippen molar-refractivity contribution in [1.82, 2.24) is 19.7 Å². The number of aromatic nitrogens is 4. The van der Waals surface area contributed by atoms with E-state index < -0.39 is 0 Å². The number of hydrogen-bond acceptors (Lipinski definition) is 5. The van der Waals surface area contributed by atoms with Gasteiger partial charge >= 0.3 is 0 Å². The van der Waals surface area contributed by atoms with Crippen molar-refractivity contribution >= 4 is 29.1 Å². The molecule has 5 nitrogen and oxygen atoms in total. The van der Waals surface area contributed by atoms with Crippen molar-refractivity contribution in [2.45, 2.75) is 12.1 Å². The first kappa shape index (κ1) is 19.4. The molecule has 4 rings (SSSR count). The van der Waals surface area contributed by atoms with Crippen molar-refractivity contribution in [2.24, 2.45) is 0 Å². The zero-order valence-corrected chi connectivity index (χ0v) is 17.2. The first-order valence-corrected chi connectivity index (χ1v) is 10.3. The van der Waals surface area contributed by atoms with Gasteiger partial charge in [-0.3, -0.25) is 14.3 Å². The molecule has 2 heterocycles. The lowest BCUT2D eigenvalue weighted by atomic mass is 10.1. The van der Waals surface area contributed by atoms with Gasteiger partial charge in [0, 0.05) is 29.2 Å². The molecule has 0 atom stereocenters. The SMILES string of the molecule is Cc1ccc(-n2c(SCC(=O)c3ccccc3Cl)nnc2-c2cccnc2)cc1. The Morgan fingerprint density at radius 2 is 1.83 bits per heavy atom. The van der Waals surface area contributed by atoms with Gasteiger partial charge in [-0.2, -0.15) is 0 Å². The number of nitrogens with zero attached hydrogens (tertiary/aromatic N) is 4. The van der Waals surface area contributed by atoms with Gasteiger partial charge in [-0.25, -0.2) is 0 Å². The summed E-state index contributed by atoms with van der Waals surface area (Å²) in [4.78, 5) is 16.8. The summed E-state index contributed by atoms with van der Waals surface area (Å²) in [5.41, 5.74) is 3.44. The molecule has 0 fully saturated rings. The molecule has 0 spiro atoms. The molecule has 2 aromatic heterocycles. The highest BCUT2D eigenvalue weighted by atomic mass is 35.5. The Kier molecular flexibility index (Phi) is 5.74. The molecule has 0 unspecified atom stereocenters. The maximum Gasteiger partial charge on any atom is 0.196 e. The van der Waals surface area contributed by atoms with Crippen molar-refractivity contribution in [3.05, 3.63) is 89.2 Å². The minimum Gasteiger partial charge on any atom is -0.293 e. The maximum absolute atomic E-state index is 12.6. The first-order chi connectivity index (χ1) is 14.1. The van der Waals surface area contributed by atoms with E-state index in [4.69, 9.17) is 11.6 Å². The van der Waals surface area contributed by atoms with Crippen LogP contribution in [-0.2, 0) is 0 Å². The second kappa shape index (κ2) is 8.59. The molecule has 0 bridgehead atoms. The number of halogens is 1. The summed E-state index contributed by atoms with van der Waals surface area (Å²) < 4.78 is 1.95. The summed E-state index contributed by atoms with van der Waals surface area (Å²) in [6.07, 6.45) is 3.46. The van der Waals surface area contributed by atoms with Gasteiger partial charge in [-0.05, 0) is 43.3 Å². The van der Waals surface area contributed by atoms with Crippen molar-refractivity contribution in [2.75, 3.05) is 5.75 Å². The number of carbonyl (C=O) groups is 1. The van der Waals surface area contributed by atoms with Gasteiger partial charge in [0.25, 0.3) is 0 Å². The molecule has 29 heavy (non-hydrogen) atoms. The van der Waals surface area contributed by atoms with Gasteiger partial charge in [0.1, 0.15) is 0 Å². The third-order valence-corrected chi connectivity index (χ3v) is 5.61. The van der Waals surface area contributed by atoms with E-state index in [1.54, 1.807) is 36.7 Å². The molecule has 0 radical (unpaired) electrons. The van der Waals surface area contributed by atoms with Gasteiger partial charge in [0.2, 0.25) is 0 Å². The molecule has 0 saturated heterocycles. The number of aryl methyl sites for hydroxylation is 1. The van der Waals surface area contributed by atoms with Crippen molar-refractivity contribution < 1.29 is 4.79 Å². The quantitative estimate of drug-likeness (QED) is 0.314. The van der Waals surface area contributed by atoms with Crippen LogP contribution in [0.25, 0.3) is 17.1 Å². The zero-order chi connectivity index (χ0) is 20.2. The lowest BCUT2D eigenvalue weighted by Crippen LogP contribution is -2.05. The highest BCUT2D eigenvalue weighted by Crippen LogP contribution is 2.28. The van der Waals surface area contributed by atoms with Crippen molar-refractivity contribution in [3.63, 3.8) is 0 Å². The summed E-state index contributed by atoms with van der Waals surface area (Å²) in [6, 6.07) is 18.9. The number of hydrogen-bond donors (Lipinski definition) is 0. The molecule has 0 aliphatic rings. The third kappa shape index (κ3) is 4.23. The summed E-state index contributed by atoms with van der Waals surface area (Å²) in [6.45, 7) is 2.04. The van der Waals surface area contributed by atoms with Crippen LogP contribution in [0, 0.1) is 6.92 Å². The molecular weight excluding hydrogens is 404 g/mol. The number of pyridine rings is 1. The van der Waals surface area contributed by atoms with Crippen LogP contribution in [0.4, 0.5) is 0 Å². The van der Waals surface area contributed by atoms with E-state index in [9.17, 15) is 4.79 Å². The van der Waals surface area contributed by atoms with Gasteiger partial charge in [-0.15, -0.1) is 10.2 Å². The Bertz CT molecular complexity index is 1140. The molecule has 0 amide bonds. The first-order valence-electron chi connectivity index (χ1n) is 8.97. The minimum atomic E-state index is -0.0537. The highest BCUT2D eigenvalue weighted by molar-refractivity contribution is 7.99. The molecular formula is C22H17ClN4OS. The van der Waals surface area contributed by atoms with E-state index in [1.807, 2.05) is 47.9 Å². The molecule has 0 aliphatic heterocycles. The average Bonchev–Trinajstić information content (AvgIpc) is 3.17. The summed E-state index contributed by atoms with van der Waals surface area (Å²) in [7, 11) is 0. The molecule has 0 N–H and O–H groups in total. The number of ketones is 1. The lowest BCUT2D eigenvalue weighted by molar-refractivity contribution is 0.102. The predicted molar refractivity (Wildman–Crippen MR) is 116 cm³/mol. The van der Waals surface area contributed by atoms with Crippen LogP contribution >= 0.6 is 23.4 Å². The summed E-state index contributed by atoms with van der Waals surface area (Å²) in [5, 5.41) is 9.80. The normalized spacial score (nSPS) is 10.8. The van der Waals surface area contributed by atoms with Gasteiger partial charge in [0.15, 0.2) is 16.8 Å². The Balaban J connectivity index is 1.68. The van der Waals surface area contributed by atoms with Gasteiger partial charge in [-0.1, -0.05) is 53.2 Å². The monoisotopic (exact) mass is 420 g/mol. The van der Waals surface area contributed by atoms with E-state index in [-0.39, 0.29) is 11.5 Å². The Morgan fingerprint density at radius 3 is 2.55 bits per heavy atom. The Morgan fingerprint density at radius 1 is 1.03 bits per heavy atom. The average molecular weight is 421 g/mol. The second-order valence-corrected chi connectivity index (χ2v) is 7.76. The number of benzene rings is 2. The van der Waals surface area contributed by atoms with Crippen LogP contribution in [0.15, 0.2) is 78.2 Å². The zero-order valence-electron chi connectivity index (χ0n) is 15.6. The Hall–Kier alpha value is -2.96. The number of rotatable bonds is 6. The smallest absolute Gasteiger partial charge is 0.196 e. The van der Waals surface area contributed by atoms with Crippen LogP contribution in [0.5, 0.6) is 0 Å². The fourth-order valence-corrected chi connectivity index (χ4v) is 3.94. The summed E-state index contributed by atoms with van der Waals surface area (Å²) in [5.74, 6) is 0.831. The van der Waals surface area contributed by atoms with E-state index in [0.29, 0.717) is 21.6 Å². The van der Waals surface area contributed by atoms with Crippen LogP contribution in [-0.4, -0.2) is 31.3 Å². The fourth-order valence-electron chi connectivity index (χ4n) is 2.87. The van der Waals surface area contributed by atoms with E-state index in [2.05, 4.69) is 15.2 Å². The molecule has 0 saturated carbocycles. The van der Waals surface area contributed by atoms with Crippen LogP contribution in [0.3, 0.4) is 0 Å². The van der Waals surface area contributed by atoms with E-state index >= 15 is 0 Å². The topological polar surface area (TPSA) is 60.7 Å². The Labute approximate surface area is 177 Å². The van der Waals surface area contributed by atoms with E-state index in [0.717, 1.165) is 16.8 Å². The summed E-state index contributed by atoms with van der Waals surface area (Å²) >= 11 is 7.49. The standard InChI is InChI=1S/C22H17ClN4OS/c1-15-8-10-17(11-9-15)27-21(16-5-4-12-24-13-16)25-26-22(27)29-14-20(28)18-6-2-3-7-19(18)23/h2-13H,14H2,1H3. The molecule has 2 aromatic carbocycles. The predicted octanol–water partition coefficient (Wildman–Crippen LogP) is 5.27. The number of thioether (sulfide) groups is 1. The fraction of sp³-hybridized carbons (Fsp3) is 0.0909. The molecule has 7 heteroatoms. The molecule has 0 aliphatic carbocycles. The minimum absolute atomic E-state index is 0.0537. The van der Waals surface area contributed by atoms with Crippen LogP contribution < -0.4 is 0 Å².